The average molecular weight is 634 g/mol. The molecule has 0 saturated heterocycles. The fraction of sp³-hybridized carbons (Fsp3) is 0. The first kappa shape index (κ1) is 26.3. The second kappa shape index (κ2) is 9.46. The zero-order valence-corrected chi connectivity index (χ0v) is 26.9. The third-order valence-electron chi connectivity index (χ3n) is 11.0. The molecule has 12 aromatic rings. The van der Waals surface area contributed by atoms with E-state index < -0.39 is 0 Å². The second-order valence-electron chi connectivity index (χ2n) is 13.5. The molecule has 0 radical (unpaired) electrons. The lowest BCUT2D eigenvalue weighted by Gasteiger charge is -2.16. The highest BCUT2D eigenvalue weighted by Crippen LogP contribution is 2.46. The van der Waals surface area contributed by atoms with Gasteiger partial charge in [0, 0.05) is 37.9 Å². The number of pyridine rings is 1. The van der Waals surface area contributed by atoms with Gasteiger partial charge in [-0.1, -0.05) is 121 Å². The Bertz CT molecular complexity index is 3380. The molecule has 230 valence electrons. The van der Waals surface area contributed by atoms with E-state index in [9.17, 15) is 0 Å². The minimum absolute atomic E-state index is 0.973. The van der Waals surface area contributed by atoms with Crippen LogP contribution in [0.25, 0.3) is 109 Å². The van der Waals surface area contributed by atoms with E-state index in [4.69, 9.17) is 4.98 Å². The predicted octanol–water partition coefficient (Wildman–Crippen LogP) is 12.5. The van der Waals surface area contributed by atoms with Crippen LogP contribution < -0.4 is 0 Å². The van der Waals surface area contributed by atoms with Crippen LogP contribution in [0.4, 0.5) is 0 Å². The van der Waals surface area contributed by atoms with Crippen LogP contribution in [0, 0.1) is 0 Å². The van der Waals surface area contributed by atoms with Crippen molar-refractivity contribution < 1.29 is 0 Å². The van der Waals surface area contributed by atoms with Gasteiger partial charge in [-0.2, -0.15) is 0 Å². The Morgan fingerprint density at radius 1 is 0.380 bits per heavy atom. The first-order valence-electron chi connectivity index (χ1n) is 17.2. The van der Waals surface area contributed by atoms with Crippen LogP contribution in [0.15, 0.2) is 164 Å². The highest BCUT2D eigenvalue weighted by atomic mass is 15.0. The van der Waals surface area contributed by atoms with Gasteiger partial charge in [0.2, 0.25) is 0 Å². The zero-order valence-electron chi connectivity index (χ0n) is 26.9. The van der Waals surface area contributed by atoms with Crippen molar-refractivity contribution in [2.45, 2.75) is 0 Å². The van der Waals surface area contributed by atoms with Crippen molar-refractivity contribution in [2.75, 3.05) is 0 Å². The van der Waals surface area contributed by atoms with Crippen molar-refractivity contribution in [2.24, 2.45) is 0 Å². The lowest BCUT2D eigenvalue weighted by molar-refractivity contribution is 1.16. The molecule has 0 aliphatic carbocycles. The van der Waals surface area contributed by atoms with Gasteiger partial charge >= 0.3 is 0 Å². The molecular weight excluding hydrogens is 607 g/mol. The third-order valence-corrected chi connectivity index (χ3v) is 11.0. The summed E-state index contributed by atoms with van der Waals surface area (Å²) in [4.78, 5) is 5.53. The average Bonchev–Trinajstić information content (AvgIpc) is 3.65. The summed E-state index contributed by atoms with van der Waals surface area (Å²) >= 11 is 0. The summed E-state index contributed by atoms with van der Waals surface area (Å²) in [6.45, 7) is 0. The smallest absolute Gasteiger partial charge is 0.0950 e. The maximum absolute atomic E-state index is 5.53. The van der Waals surface area contributed by atoms with Crippen LogP contribution in [0.2, 0.25) is 0 Å². The topological polar surface area (TPSA) is 22.2 Å². The Hall–Kier alpha value is -6.71. The molecule has 0 spiro atoms. The summed E-state index contributed by atoms with van der Waals surface area (Å²) in [7, 11) is 0. The molecule has 0 amide bonds. The summed E-state index contributed by atoms with van der Waals surface area (Å²) in [6, 6.07) is 60.0. The SMILES string of the molecule is c1ccc2cc(-c3nc4ccc5ccccc5c4cc3-n3c4cccc5c6ccccc6n6c7ccccc7c7ccc3c(c54)c76)ccc2c1. The molecule has 0 bridgehead atoms. The fourth-order valence-corrected chi connectivity index (χ4v) is 8.86. The minimum atomic E-state index is 0.973. The third kappa shape index (κ3) is 3.31. The molecule has 0 unspecified atom stereocenters. The van der Waals surface area contributed by atoms with Crippen LogP contribution in [-0.4, -0.2) is 14.0 Å². The molecule has 4 heterocycles. The van der Waals surface area contributed by atoms with Gasteiger partial charge in [-0.15, -0.1) is 0 Å². The van der Waals surface area contributed by atoms with E-state index in [1.54, 1.807) is 0 Å². The van der Waals surface area contributed by atoms with Gasteiger partial charge in [-0.3, -0.25) is 0 Å². The van der Waals surface area contributed by atoms with E-state index in [0.29, 0.717) is 0 Å². The van der Waals surface area contributed by atoms with Gasteiger partial charge in [0.25, 0.3) is 0 Å². The van der Waals surface area contributed by atoms with Gasteiger partial charge in [0.15, 0.2) is 0 Å². The summed E-state index contributed by atoms with van der Waals surface area (Å²) in [5.74, 6) is 0. The Balaban J connectivity index is 1.33. The maximum Gasteiger partial charge on any atom is 0.0950 e. The lowest BCUT2D eigenvalue weighted by atomic mass is 10.00. The number of rotatable bonds is 2. The summed E-state index contributed by atoms with van der Waals surface area (Å²) in [5.41, 5.74) is 10.2. The van der Waals surface area contributed by atoms with Crippen LogP contribution >= 0.6 is 0 Å². The fourth-order valence-electron chi connectivity index (χ4n) is 8.86. The Kier molecular flexibility index (Phi) is 4.97. The molecule has 4 aromatic heterocycles. The molecule has 12 rings (SSSR count). The van der Waals surface area contributed by atoms with E-state index in [1.807, 2.05) is 0 Å². The molecule has 50 heavy (non-hydrogen) atoms. The number of aromatic nitrogens is 3. The van der Waals surface area contributed by atoms with Gasteiger partial charge in [-0.05, 0) is 69.4 Å². The summed E-state index contributed by atoms with van der Waals surface area (Å²) in [5, 5.41) is 13.6. The van der Waals surface area contributed by atoms with Crippen molar-refractivity contribution in [1.82, 2.24) is 14.0 Å². The standard InChI is InChI=1S/C47H27N3/c1-2-12-30-26-31(21-20-28(30)10-1)46-43(27-37-32-13-4-3-11-29(32)22-24-38(37)48-46)49-41-19-9-16-35-33-14-5-7-17-39(33)50-40-18-8-6-15-34(40)36-23-25-42(49)45(44(35)41)47(36)50/h1-27H. The Labute approximate surface area is 286 Å². The molecule has 0 atom stereocenters. The first-order valence-corrected chi connectivity index (χ1v) is 17.2. The lowest BCUT2D eigenvalue weighted by Crippen LogP contribution is -2.01. The van der Waals surface area contributed by atoms with Gasteiger partial charge < -0.3 is 8.97 Å². The van der Waals surface area contributed by atoms with Crippen LogP contribution in [0.5, 0.6) is 0 Å². The Morgan fingerprint density at radius 2 is 1.02 bits per heavy atom. The number of para-hydroxylation sites is 2. The number of hydrogen-bond donors (Lipinski definition) is 0. The minimum Gasteiger partial charge on any atom is -0.308 e. The number of hydrogen-bond acceptors (Lipinski definition) is 1. The summed E-state index contributed by atoms with van der Waals surface area (Å²) in [6.07, 6.45) is 0. The largest absolute Gasteiger partial charge is 0.308 e. The zero-order chi connectivity index (χ0) is 32.5. The molecule has 0 saturated carbocycles. The van der Waals surface area contributed by atoms with E-state index in [-0.39, 0.29) is 0 Å². The number of benzene rings is 8. The second-order valence-corrected chi connectivity index (χ2v) is 13.5. The highest BCUT2D eigenvalue weighted by Gasteiger charge is 2.25. The van der Waals surface area contributed by atoms with Gasteiger partial charge in [-0.25, -0.2) is 4.98 Å². The van der Waals surface area contributed by atoms with Crippen LogP contribution in [0.3, 0.4) is 0 Å². The highest BCUT2D eigenvalue weighted by molar-refractivity contribution is 6.33. The molecule has 0 fully saturated rings. The van der Waals surface area contributed by atoms with Crippen molar-refractivity contribution >= 4 is 92.3 Å². The molecule has 3 heteroatoms. The summed E-state index contributed by atoms with van der Waals surface area (Å²) < 4.78 is 4.99. The van der Waals surface area contributed by atoms with E-state index in [0.717, 1.165) is 27.8 Å². The number of fused-ring (bicyclic) bond motifs is 10. The monoisotopic (exact) mass is 633 g/mol. The molecule has 8 aromatic carbocycles. The van der Waals surface area contributed by atoms with Crippen molar-refractivity contribution in [3.8, 4) is 16.9 Å². The quantitative estimate of drug-likeness (QED) is 0.174. The molecule has 0 aliphatic rings. The first-order chi connectivity index (χ1) is 24.8. The van der Waals surface area contributed by atoms with Crippen LogP contribution in [-0.2, 0) is 0 Å². The van der Waals surface area contributed by atoms with Crippen molar-refractivity contribution in [3.05, 3.63) is 164 Å². The number of nitrogens with zero attached hydrogens (tertiary/aromatic N) is 3. The van der Waals surface area contributed by atoms with Gasteiger partial charge in [0.1, 0.15) is 0 Å². The van der Waals surface area contributed by atoms with E-state index in [2.05, 4.69) is 173 Å². The molecule has 3 nitrogen and oxygen atoms in total. The van der Waals surface area contributed by atoms with Crippen LogP contribution in [0.1, 0.15) is 0 Å². The normalized spacial score (nSPS) is 12.4. The molecule has 0 N–H and O–H groups in total. The van der Waals surface area contributed by atoms with E-state index >= 15 is 0 Å². The Morgan fingerprint density at radius 3 is 1.86 bits per heavy atom. The molecular formula is C47H27N3. The van der Waals surface area contributed by atoms with Gasteiger partial charge in [0.05, 0.1) is 44.5 Å². The van der Waals surface area contributed by atoms with Crippen molar-refractivity contribution in [1.29, 1.82) is 0 Å². The van der Waals surface area contributed by atoms with Crippen molar-refractivity contribution in [3.63, 3.8) is 0 Å². The predicted molar refractivity (Wildman–Crippen MR) is 211 cm³/mol. The maximum atomic E-state index is 5.53. The van der Waals surface area contributed by atoms with E-state index in [1.165, 1.54) is 81.4 Å². The molecule has 0 aliphatic heterocycles.